The van der Waals surface area contributed by atoms with E-state index in [-0.39, 0.29) is 0 Å². The third kappa shape index (κ3) is 5.78. The van der Waals surface area contributed by atoms with Crippen molar-refractivity contribution in [3.8, 4) is 17.6 Å². The molecule has 4 aromatic carbocycles. The van der Waals surface area contributed by atoms with Crippen molar-refractivity contribution in [2.45, 2.75) is 5.92 Å². The van der Waals surface area contributed by atoms with Gasteiger partial charge in [0, 0.05) is 5.02 Å². The van der Waals surface area contributed by atoms with Gasteiger partial charge in [0.25, 0.3) is 0 Å². The molecule has 35 heavy (non-hydrogen) atoms. The summed E-state index contributed by atoms with van der Waals surface area (Å²) in [6.07, 6.45) is 1.74. The standard InChI is InChI=1S/C30H22ClNO3/c1-34-28-19-21(18-25(20-32)22-13-15-26(31)16-14-22)12-17-27(28)35-30(33)29(23-8-4-2-5-9-23)24-10-6-3-7-11-24/h2-19,29H,1H3. The van der Waals surface area contributed by atoms with Crippen LogP contribution in [0.2, 0.25) is 5.02 Å². The fourth-order valence-corrected chi connectivity index (χ4v) is 3.88. The first-order valence-corrected chi connectivity index (χ1v) is 11.3. The van der Waals surface area contributed by atoms with Crippen LogP contribution >= 0.6 is 11.6 Å². The predicted octanol–water partition coefficient (Wildman–Crippen LogP) is 7.15. The highest BCUT2D eigenvalue weighted by Gasteiger charge is 2.25. The molecule has 0 bridgehead atoms. The van der Waals surface area contributed by atoms with E-state index in [1.165, 1.54) is 7.11 Å². The summed E-state index contributed by atoms with van der Waals surface area (Å²) in [7, 11) is 1.51. The van der Waals surface area contributed by atoms with Crippen LogP contribution in [0.3, 0.4) is 0 Å². The van der Waals surface area contributed by atoms with Crippen molar-refractivity contribution in [2.75, 3.05) is 7.11 Å². The van der Waals surface area contributed by atoms with Crippen molar-refractivity contribution in [3.05, 3.63) is 130 Å². The molecule has 0 saturated heterocycles. The Morgan fingerprint density at radius 3 is 2.00 bits per heavy atom. The number of esters is 1. The molecule has 172 valence electrons. The van der Waals surface area contributed by atoms with Crippen LogP contribution in [0.25, 0.3) is 11.6 Å². The fourth-order valence-electron chi connectivity index (χ4n) is 3.76. The zero-order chi connectivity index (χ0) is 24.6. The minimum absolute atomic E-state index is 0.302. The smallest absolute Gasteiger partial charge is 0.323 e. The quantitative estimate of drug-likeness (QED) is 0.122. The van der Waals surface area contributed by atoms with E-state index in [1.807, 2.05) is 60.7 Å². The Morgan fingerprint density at radius 2 is 1.46 bits per heavy atom. The second-order valence-corrected chi connectivity index (χ2v) is 8.20. The minimum atomic E-state index is -0.586. The Hall–Kier alpha value is -4.33. The van der Waals surface area contributed by atoms with E-state index in [1.54, 1.807) is 48.5 Å². The molecule has 0 aliphatic heterocycles. The molecule has 5 heteroatoms. The number of carbonyl (C=O) groups excluding carboxylic acids is 1. The third-order valence-electron chi connectivity index (χ3n) is 5.49. The van der Waals surface area contributed by atoms with Crippen molar-refractivity contribution in [3.63, 3.8) is 0 Å². The summed E-state index contributed by atoms with van der Waals surface area (Å²) in [5.74, 6) is -0.309. The van der Waals surface area contributed by atoms with E-state index < -0.39 is 11.9 Å². The summed E-state index contributed by atoms with van der Waals surface area (Å²) < 4.78 is 11.3. The highest BCUT2D eigenvalue weighted by Crippen LogP contribution is 2.33. The lowest BCUT2D eigenvalue weighted by Gasteiger charge is -2.18. The summed E-state index contributed by atoms with van der Waals surface area (Å²) >= 11 is 5.96. The molecular weight excluding hydrogens is 458 g/mol. The molecule has 0 radical (unpaired) electrons. The van der Waals surface area contributed by atoms with Gasteiger partial charge >= 0.3 is 5.97 Å². The number of benzene rings is 4. The van der Waals surface area contributed by atoms with Crippen LogP contribution in [-0.4, -0.2) is 13.1 Å². The zero-order valence-corrected chi connectivity index (χ0v) is 19.8. The monoisotopic (exact) mass is 479 g/mol. The number of methoxy groups -OCH3 is 1. The molecular formula is C30H22ClNO3. The average molecular weight is 480 g/mol. The number of nitriles is 1. The normalized spacial score (nSPS) is 11.1. The highest BCUT2D eigenvalue weighted by atomic mass is 35.5. The lowest BCUT2D eigenvalue weighted by atomic mass is 9.91. The largest absolute Gasteiger partial charge is 0.493 e. The van der Waals surface area contributed by atoms with Gasteiger partial charge in [0.1, 0.15) is 5.92 Å². The van der Waals surface area contributed by atoms with Crippen LogP contribution in [-0.2, 0) is 4.79 Å². The van der Waals surface area contributed by atoms with Gasteiger partial charge < -0.3 is 9.47 Å². The van der Waals surface area contributed by atoms with E-state index >= 15 is 0 Å². The molecule has 0 fully saturated rings. The first kappa shape index (κ1) is 23.8. The summed E-state index contributed by atoms with van der Waals surface area (Å²) in [5, 5.41) is 10.2. The van der Waals surface area contributed by atoms with Crippen molar-refractivity contribution in [1.82, 2.24) is 0 Å². The predicted molar refractivity (Wildman–Crippen MR) is 138 cm³/mol. The molecule has 4 nitrogen and oxygen atoms in total. The van der Waals surface area contributed by atoms with Crippen molar-refractivity contribution >= 4 is 29.2 Å². The van der Waals surface area contributed by atoms with Gasteiger partial charge in [0.05, 0.1) is 18.8 Å². The Morgan fingerprint density at radius 1 is 0.857 bits per heavy atom. The van der Waals surface area contributed by atoms with E-state index in [9.17, 15) is 10.1 Å². The van der Waals surface area contributed by atoms with Gasteiger partial charge in [0.2, 0.25) is 0 Å². The van der Waals surface area contributed by atoms with Crippen LogP contribution in [0.5, 0.6) is 11.5 Å². The van der Waals surface area contributed by atoms with E-state index in [0.717, 1.165) is 22.3 Å². The fraction of sp³-hybridized carbons (Fsp3) is 0.0667. The van der Waals surface area contributed by atoms with Crippen molar-refractivity contribution in [2.24, 2.45) is 0 Å². The molecule has 0 aliphatic carbocycles. The maximum atomic E-state index is 13.4. The average Bonchev–Trinajstić information content (AvgIpc) is 2.90. The Labute approximate surface area is 209 Å². The number of rotatable bonds is 7. The SMILES string of the molecule is COc1cc(C=C(C#N)c2ccc(Cl)cc2)ccc1OC(=O)C(c1ccccc1)c1ccccc1. The van der Waals surface area contributed by atoms with Gasteiger partial charge in [-0.1, -0.05) is 90.5 Å². The van der Waals surface area contributed by atoms with Crippen LogP contribution in [0.15, 0.2) is 103 Å². The summed E-state index contributed by atoms with van der Waals surface area (Å²) in [6, 6.07) is 33.5. The number of allylic oxidation sites excluding steroid dienone is 1. The first-order chi connectivity index (χ1) is 17.1. The van der Waals surface area contributed by atoms with E-state index in [2.05, 4.69) is 6.07 Å². The maximum Gasteiger partial charge on any atom is 0.323 e. The van der Waals surface area contributed by atoms with Crippen molar-refractivity contribution < 1.29 is 14.3 Å². The topological polar surface area (TPSA) is 59.3 Å². The number of nitrogens with zero attached hydrogens (tertiary/aromatic N) is 1. The summed E-state index contributed by atoms with van der Waals surface area (Å²) in [5.41, 5.74) is 3.63. The van der Waals surface area contributed by atoms with Crippen molar-refractivity contribution in [1.29, 1.82) is 5.26 Å². The van der Waals surface area contributed by atoms with Gasteiger partial charge in [-0.25, -0.2) is 0 Å². The second kappa shape index (κ2) is 11.2. The molecule has 0 saturated carbocycles. The molecule has 0 heterocycles. The van der Waals surface area contributed by atoms with E-state index in [4.69, 9.17) is 21.1 Å². The van der Waals surface area contributed by atoms with Crippen LogP contribution in [0.4, 0.5) is 0 Å². The van der Waals surface area contributed by atoms with Crippen LogP contribution in [0, 0.1) is 11.3 Å². The molecule has 0 spiro atoms. The Bertz CT molecular complexity index is 1340. The number of ether oxygens (including phenoxy) is 2. The molecule has 4 aromatic rings. The molecule has 0 aromatic heterocycles. The molecule has 0 N–H and O–H groups in total. The van der Waals surface area contributed by atoms with Crippen LogP contribution < -0.4 is 9.47 Å². The Kier molecular flexibility index (Phi) is 7.62. The summed E-state index contributed by atoms with van der Waals surface area (Å²) in [6.45, 7) is 0. The van der Waals surface area contributed by atoms with Gasteiger partial charge in [0.15, 0.2) is 11.5 Å². The lowest BCUT2D eigenvalue weighted by molar-refractivity contribution is -0.135. The second-order valence-electron chi connectivity index (χ2n) is 7.76. The van der Waals surface area contributed by atoms with Gasteiger partial charge in [-0.3, -0.25) is 4.79 Å². The zero-order valence-electron chi connectivity index (χ0n) is 19.0. The maximum absolute atomic E-state index is 13.4. The number of hydrogen-bond donors (Lipinski definition) is 0. The van der Waals surface area contributed by atoms with Gasteiger partial charge in [-0.05, 0) is 52.6 Å². The van der Waals surface area contributed by atoms with Crippen LogP contribution in [0.1, 0.15) is 28.2 Å². The number of carbonyl (C=O) groups is 1. The molecule has 0 aliphatic rings. The lowest BCUT2D eigenvalue weighted by Crippen LogP contribution is -2.20. The molecule has 4 rings (SSSR count). The number of hydrogen-bond acceptors (Lipinski definition) is 4. The highest BCUT2D eigenvalue weighted by molar-refractivity contribution is 6.30. The molecule has 0 atom stereocenters. The summed E-state index contributed by atoms with van der Waals surface area (Å²) in [4.78, 5) is 13.4. The van der Waals surface area contributed by atoms with Gasteiger partial charge in [-0.2, -0.15) is 5.26 Å². The van der Waals surface area contributed by atoms with E-state index in [0.29, 0.717) is 22.1 Å². The number of halogens is 1. The Balaban J connectivity index is 1.63. The third-order valence-corrected chi connectivity index (χ3v) is 5.74. The van der Waals surface area contributed by atoms with Gasteiger partial charge in [-0.15, -0.1) is 0 Å². The molecule has 0 amide bonds. The minimum Gasteiger partial charge on any atom is -0.493 e. The first-order valence-electron chi connectivity index (χ1n) is 11.0. The molecule has 0 unspecified atom stereocenters.